The van der Waals surface area contributed by atoms with Crippen molar-refractivity contribution < 1.29 is 0 Å². The molecule has 57 heavy (non-hydrogen) atoms. The molecule has 0 fully saturated rings. The van der Waals surface area contributed by atoms with Crippen molar-refractivity contribution in [3.8, 4) is 67.4 Å². The lowest BCUT2D eigenvalue weighted by Gasteiger charge is -2.12. The molecule has 0 bridgehead atoms. The van der Waals surface area contributed by atoms with Crippen LogP contribution in [0.1, 0.15) is 0 Å². The molecule has 11 rings (SSSR count). The fourth-order valence-electron chi connectivity index (χ4n) is 8.03. The van der Waals surface area contributed by atoms with Gasteiger partial charge in [-0.3, -0.25) is 0 Å². The van der Waals surface area contributed by atoms with E-state index >= 15 is 0 Å². The lowest BCUT2D eigenvalue weighted by Crippen LogP contribution is -1.96. The maximum absolute atomic E-state index is 5.41. The summed E-state index contributed by atoms with van der Waals surface area (Å²) in [7, 11) is 0. The smallest absolute Gasteiger partial charge is 0.160 e. The predicted molar refractivity (Wildman–Crippen MR) is 240 cm³/mol. The average Bonchev–Trinajstić information content (AvgIpc) is 3.69. The van der Waals surface area contributed by atoms with Crippen molar-refractivity contribution in [1.29, 1.82) is 0 Å². The van der Waals surface area contributed by atoms with Crippen LogP contribution >= 0.6 is 11.3 Å². The molecular formula is C53H33N3S. The first kappa shape index (κ1) is 33.1. The van der Waals surface area contributed by atoms with E-state index < -0.39 is 0 Å². The summed E-state index contributed by atoms with van der Waals surface area (Å²) in [6.07, 6.45) is 0. The van der Waals surface area contributed by atoms with Gasteiger partial charge in [-0.2, -0.15) is 0 Å². The van der Waals surface area contributed by atoms with Crippen LogP contribution in [-0.2, 0) is 0 Å². The van der Waals surface area contributed by atoms with Gasteiger partial charge < -0.3 is 0 Å². The van der Waals surface area contributed by atoms with Crippen LogP contribution < -0.4 is 0 Å². The molecule has 0 amide bonds. The standard InChI is InChI=1S/C53H33N3S/c1-3-12-34(13-4-1)35-24-28-40(29-25-35)53-55-47(38-15-5-2-6-16-38)33-48(56-53)39-26-22-36(23-27-39)41-30-31-46-45(32-41)52-50(44-19-9-10-21-49(44)57-52)51(54-46)43-20-11-17-37-14-7-8-18-42(37)43/h1-33H. The molecule has 4 heteroatoms. The van der Waals surface area contributed by atoms with E-state index in [4.69, 9.17) is 15.0 Å². The van der Waals surface area contributed by atoms with Crippen LogP contribution in [-0.4, -0.2) is 15.0 Å². The maximum atomic E-state index is 5.41. The summed E-state index contributed by atoms with van der Waals surface area (Å²) in [5.41, 5.74) is 12.7. The Balaban J connectivity index is 0.999. The monoisotopic (exact) mass is 743 g/mol. The van der Waals surface area contributed by atoms with E-state index in [-0.39, 0.29) is 0 Å². The summed E-state index contributed by atoms with van der Waals surface area (Å²) in [5.74, 6) is 0.701. The van der Waals surface area contributed by atoms with Crippen LogP contribution in [0.2, 0.25) is 0 Å². The summed E-state index contributed by atoms with van der Waals surface area (Å²) < 4.78 is 2.53. The first-order chi connectivity index (χ1) is 28.2. The Bertz CT molecular complexity index is 3260. The van der Waals surface area contributed by atoms with Crippen molar-refractivity contribution in [2.45, 2.75) is 0 Å². The summed E-state index contributed by atoms with van der Waals surface area (Å²) >= 11 is 1.85. The second kappa shape index (κ2) is 13.8. The third-order valence-corrected chi connectivity index (χ3v) is 12.1. The van der Waals surface area contributed by atoms with E-state index in [2.05, 4.69) is 188 Å². The molecule has 0 saturated heterocycles. The topological polar surface area (TPSA) is 38.7 Å². The Kier molecular flexibility index (Phi) is 8.01. The number of pyridine rings is 1. The summed E-state index contributed by atoms with van der Waals surface area (Å²) in [6, 6.07) is 70.7. The molecule has 0 saturated carbocycles. The molecule has 8 aromatic carbocycles. The van der Waals surface area contributed by atoms with Crippen molar-refractivity contribution in [2.75, 3.05) is 0 Å². The molecule has 0 aliphatic carbocycles. The van der Waals surface area contributed by atoms with Gasteiger partial charge in [-0.1, -0.05) is 176 Å². The quantitative estimate of drug-likeness (QED) is 0.170. The highest BCUT2D eigenvalue weighted by atomic mass is 32.1. The molecule has 3 heterocycles. The minimum atomic E-state index is 0.701. The average molecular weight is 744 g/mol. The SMILES string of the molecule is c1ccc(-c2ccc(-c3nc(-c4ccccc4)cc(-c4ccc(-c5ccc6nc(-c7cccc8ccccc78)c7c8ccccc8sc7c6c5)cc4)n3)cc2)cc1. The predicted octanol–water partition coefficient (Wildman–Crippen LogP) is 14.5. The number of aromatic nitrogens is 3. The maximum Gasteiger partial charge on any atom is 0.160 e. The Morgan fingerprint density at radius 3 is 1.65 bits per heavy atom. The highest BCUT2D eigenvalue weighted by Gasteiger charge is 2.18. The largest absolute Gasteiger partial charge is 0.247 e. The molecule has 0 spiro atoms. The number of rotatable bonds is 6. The third kappa shape index (κ3) is 5.95. The van der Waals surface area contributed by atoms with Gasteiger partial charge in [0.15, 0.2) is 5.82 Å². The molecule has 0 aliphatic rings. The Hall–Kier alpha value is -7.27. The highest BCUT2D eigenvalue weighted by molar-refractivity contribution is 7.26. The minimum Gasteiger partial charge on any atom is -0.247 e. The minimum absolute atomic E-state index is 0.701. The van der Waals surface area contributed by atoms with Crippen LogP contribution in [0, 0.1) is 0 Å². The van der Waals surface area contributed by atoms with Gasteiger partial charge in [0.25, 0.3) is 0 Å². The second-order valence-electron chi connectivity index (χ2n) is 14.4. The van der Waals surface area contributed by atoms with Crippen molar-refractivity contribution >= 4 is 53.2 Å². The van der Waals surface area contributed by atoms with Gasteiger partial charge in [0.1, 0.15) is 0 Å². The molecule has 0 unspecified atom stereocenters. The summed E-state index contributed by atoms with van der Waals surface area (Å²) in [6.45, 7) is 0. The van der Waals surface area contributed by atoms with Crippen molar-refractivity contribution in [3.05, 3.63) is 200 Å². The van der Waals surface area contributed by atoms with E-state index in [0.717, 1.165) is 61.5 Å². The molecule has 0 radical (unpaired) electrons. The lowest BCUT2D eigenvalue weighted by molar-refractivity contribution is 1.18. The van der Waals surface area contributed by atoms with Crippen LogP contribution in [0.15, 0.2) is 200 Å². The summed E-state index contributed by atoms with van der Waals surface area (Å²) in [5, 5.41) is 6.07. The van der Waals surface area contributed by atoms with Crippen LogP contribution in [0.3, 0.4) is 0 Å². The zero-order valence-corrected chi connectivity index (χ0v) is 31.6. The fourth-order valence-corrected chi connectivity index (χ4v) is 9.25. The van der Waals surface area contributed by atoms with Gasteiger partial charge in [0.05, 0.1) is 22.6 Å². The van der Waals surface area contributed by atoms with Crippen molar-refractivity contribution in [2.24, 2.45) is 0 Å². The van der Waals surface area contributed by atoms with E-state index in [0.29, 0.717) is 5.82 Å². The summed E-state index contributed by atoms with van der Waals surface area (Å²) in [4.78, 5) is 15.6. The normalized spacial score (nSPS) is 11.5. The third-order valence-electron chi connectivity index (χ3n) is 10.9. The van der Waals surface area contributed by atoms with Gasteiger partial charge in [-0.05, 0) is 57.3 Å². The molecule has 266 valence electrons. The Labute approximate surface area is 334 Å². The van der Waals surface area contributed by atoms with Gasteiger partial charge in [0.2, 0.25) is 0 Å². The van der Waals surface area contributed by atoms with Crippen LogP contribution in [0.25, 0.3) is 109 Å². The Morgan fingerprint density at radius 1 is 0.351 bits per heavy atom. The molecule has 0 aliphatic heterocycles. The molecule has 0 atom stereocenters. The molecule has 11 aromatic rings. The zero-order valence-electron chi connectivity index (χ0n) is 30.8. The molecule has 3 aromatic heterocycles. The number of nitrogens with zero attached hydrogens (tertiary/aromatic N) is 3. The van der Waals surface area contributed by atoms with Gasteiger partial charge in [-0.25, -0.2) is 15.0 Å². The number of hydrogen-bond donors (Lipinski definition) is 0. The zero-order chi connectivity index (χ0) is 37.7. The highest BCUT2D eigenvalue weighted by Crippen LogP contribution is 2.45. The number of fused-ring (bicyclic) bond motifs is 6. The Morgan fingerprint density at radius 2 is 0.895 bits per heavy atom. The van der Waals surface area contributed by atoms with E-state index in [1.807, 2.05) is 23.5 Å². The molecule has 3 nitrogen and oxygen atoms in total. The number of benzene rings is 8. The van der Waals surface area contributed by atoms with Crippen LogP contribution in [0.5, 0.6) is 0 Å². The second-order valence-corrected chi connectivity index (χ2v) is 15.4. The van der Waals surface area contributed by atoms with E-state index in [1.54, 1.807) is 0 Å². The van der Waals surface area contributed by atoms with Crippen LogP contribution in [0.4, 0.5) is 0 Å². The van der Waals surface area contributed by atoms with Gasteiger partial charge in [0, 0.05) is 47.8 Å². The van der Waals surface area contributed by atoms with Gasteiger partial charge >= 0.3 is 0 Å². The van der Waals surface area contributed by atoms with E-state index in [1.165, 1.54) is 41.9 Å². The van der Waals surface area contributed by atoms with E-state index in [9.17, 15) is 0 Å². The van der Waals surface area contributed by atoms with Gasteiger partial charge in [-0.15, -0.1) is 11.3 Å². The van der Waals surface area contributed by atoms with Crippen molar-refractivity contribution in [3.63, 3.8) is 0 Å². The first-order valence-electron chi connectivity index (χ1n) is 19.2. The van der Waals surface area contributed by atoms with Crippen molar-refractivity contribution in [1.82, 2.24) is 15.0 Å². The number of hydrogen-bond acceptors (Lipinski definition) is 4. The molecular weight excluding hydrogens is 711 g/mol. The lowest BCUT2D eigenvalue weighted by atomic mass is 9.96. The first-order valence-corrected chi connectivity index (χ1v) is 20.0. The molecule has 0 N–H and O–H groups in total. The fraction of sp³-hybridized carbons (Fsp3) is 0. The number of thiophene rings is 1.